The third-order valence-corrected chi connectivity index (χ3v) is 4.23. The molecule has 0 radical (unpaired) electrons. The van der Waals surface area contributed by atoms with Crippen LogP contribution < -0.4 is 5.32 Å². The molecule has 0 aliphatic heterocycles. The number of hydrogen-bond donors (Lipinski definition) is 2. The number of nitro groups is 1. The zero-order valence-electron chi connectivity index (χ0n) is 15.4. The lowest BCUT2D eigenvalue weighted by Crippen LogP contribution is -2.42. The molecule has 1 atom stereocenters. The summed E-state index contributed by atoms with van der Waals surface area (Å²) in [6.45, 7) is 6.15. The van der Waals surface area contributed by atoms with E-state index in [9.17, 15) is 24.8 Å². The number of rotatable bonds is 6. The Morgan fingerprint density at radius 3 is 2.22 bits per heavy atom. The van der Waals surface area contributed by atoms with Crippen LogP contribution in [-0.2, 0) is 16.6 Å². The number of amides is 1. The van der Waals surface area contributed by atoms with Crippen molar-refractivity contribution in [3.63, 3.8) is 0 Å². The van der Waals surface area contributed by atoms with Crippen molar-refractivity contribution >= 4 is 17.6 Å². The van der Waals surface area contributed by atoms with Crippen LogP contribution in [0.2, 0.25) is 0 Å². The van der Waals surface area contributed by atoms with Gasteiger partial charge in [-0.05, 0) is 23.1 Å². The van der Waals surface area contributed by atoms with Crippen LogP contribution in [0.1, 0.15) is 42.3 Å². The average Bonchev–Trinajstić information content (AvgIpc) is 2.60. The van der Waals surface area contributed by atoms with Gasteiger partial charge in [0, 0.05) is 23.6 Å². The number of carboxylic acids is 1. The van der Waals surface area contributed by atoms with Crippen molar-refractivity contribution in [1.29, 1.82) is 0 Å². The summed E-state index contributed by atoms with van der Waals surface area (Å²) in [5.74, 6) is -1.80. The molecule has 7 nitrogen and oxygen atoms in total. The normalized spacial score (nSPS) is 12.3. The second kappa shape index (κ2) is 7.99. The molecular formula is C20H22N2O5. The fourth-order valence-electron chi connectivity index (χ4n) is 2.64. The Kier molecular flexibility index (Phi) is 5.95. The van der Waals surface area contributed by atoms with Crippen LogP contribution in [0.5, 0.6) is 0 Å². The fraction of sp³-hybridized carbons (Fsp3) is 0.300. The summed E-state index contributed by atoms with van der Waals surface area (Å²) in [6.07, 6.45) is -0.182. The van der Waals surface area contributed by atoms with E-state index in [4.69, 9.17) is 0 Å². The maximum atomic E-state index is 12.4. The molecule has 0 aromatic heterocycles. The van der Waals surface area contributed by atoms with Gasteiger partial charge in [0.2, 0.25) is 0 Å². The van der Waals surface area contributed by atoms with E-state index in [1.165, 1.54) is 18.2 Å². The highest BCUT2D eigenvalue weighted by atomic mass is 16.6. The summed E-state index contributed by atoms with van der Waals surface area (Å²) in [6, 6.07) is 11.5. The van der Waals surface area contributed by atoms with Gasteiger partial charge in [0.15, 0.2) is 0 Å². The highest BCUT2D eigenvalue weighted by molar-refractivity contribution is 5.96. The molecule has 0 saturated carbocycles. The number of carbonyl (C=O) groups is 2. The Labute approximate surface area is 157 Å². The van der Waals surface area contributed by atoms with Crippen molar-refractivity contribution < 1.29 is 19.6 Å². The number of carbonyl (C=O) groups excluding carboxylic acids is 1. The molecule has 0 aliphatic carbocycles. The largest absolute Gasteiger partial charge is 0.480 e. The molecule has 0 spiro atoms. The minimum absolute atomic E-state index is 0.0646. The molecule has 0 saturated heterocycles. The van der Waals surface area contributed by atoms with Gasteiger partial charge >= 0.3 is 5.97 Å². The molecule has 27 heavy (non-hydrogen) atoms. The van der Waals surface area contributed by atoms with Gasteiger partial charge in [0.05, 0.1) is 4.92 Å². The number of hydrogen-bond acceptors (Lipinski definition) is 4. The summed E-state index contributed by atoms with van der Waals surface area (Å²) < 4.78 is 0. The number of benzene rings is 2. The summed E-state index contributed by atoms with van der Waals surface area (Å²) in [5.41, 5.74) is 1.39. The summed E-state index contributed by atoms with van der Waals surface area (Å²) in [5, 5.41) is 23.0. The average molecular weight is 370 g/mol. The van der Waals surface area contributed by atoms with Gasteiger partial charge in [-0.1, -0.05) is 51.1 Å². The standard InChI is InChI=1S/C20H22N2O5/c1-20(2,3)15-10-8-13(9-11-15)18(23)21-16(19(24)25)12-14-6-4-5-7-17(14)22(26)27/h4-11,16H,12H2,1-3H3,(H,21,23)(H,24,25)/t16-/m0/s1. The first-order valence-electron chi connectivity index (χ1n) is 8.46. The smallest absolute Gasteiger partial charge is 0.326 e. The third-order valence-electron chi connectivity index (χ3n) is 4.23. The van der Waals surface area contributed by atoms with Crippen LogP contribution in [0, 0.1) is 10.1 Å². The molecule has 0 heterocycles. The van der Waals surface area contributed by atoms with E-state index in [1.54, 1.807) is 18.2 Å². The first-order chi connectivity index (χ1) is 12.6. The van der Waals surface area contributed by atoms with Crippen molar-refractivity contribution in [2.24, 2.45) is 0 Å². The van der Waals surface area contributed by atoms with Crippen molar-refractivity contribution in [2.75, 3.05) is 0 Å². The van der Waals surface area contributed by atoms with Gasteiger partial charge in [-0.25, -0.2) is 4.79 Å². The minimum Gasteiger partial charge on any atom is -0.480 e. The Bertz CT molecular complexity index is 853. The van der Waals surface area contributed by atoms with E-state index >= 15 is 0 Å². The van der Waals surface area contributed by atoms with Crippen molar-refractivity contribution in [1.82, 2.24) is 5.32 Å². The van der Waals surface area contributed by atoms with E-state index in [0.29, 0.717) is 5.56 Å². The van der Waals surface area contributed by atoms with Crippen LogP contribution in [-0.4, -0.2) is 27.9 Å². The molecule has 0 unspecified atom stereocenters. The minimum atomic E-state index is -1.28. The molecule has 2 aromatic carbocycles. The molecule has 1 amide bonds. The van der Waals surface area contributed by atoms with E-state index in [0.717, 1.165) is 5.56 Å². The van der Waals surface area contributed by atoms with Gasteiger partial charge in [-0.15, -0.1) is 0 Å². The molecule has 2 rings (SSSR count). The molecular weight excluding hydrogens is 348 g/mol. The summed E-state index contributed by atoms with van der Waals surface area (Å²) >= 11 is 0. The SMILES string of the molecule is CC(C)(C)c1ccc(C(=O)N[C@@H](Cc2ccccc2[N+](=O)[O-])C(=O)O)cc1. The maximum absolute atomic E-state index is 12.4. The van der Waals surface area contributed by atoms with Crippen LogP contribution in [0.3, 0.4) is 0 Å². The second-order valence-electron chi connectivity index (χ2n) is 7.28. The molecule has 142 valence electrons. The summed E-state index contributed by atoms with van der Waals surface area (Å²) in [7, 11) is 0. The fourth-order valence-corrected chi connectivity index (χ4v) is 2.64. The number of nitro benzene ring substituents is 1. The lowest BCUT2D eigenvalue weighted by atomic mass is 9.86. The molecule has 0 aliphatic rings. The van der Waals surface area contributed by atoms with Crippen LogP contribution >= 0.6 is 0 Å². The topological polar surface area (TPSA) is 110 Å². The van der Waals surface area contributed by atoms with Gasteiger partial charge in [0.25, 0.3) is 11.6 Å². The van der Waals surface area contributed by atoms with Crippen molar-refractivity contribution in [3.8, 4) is 0 Å². The van der Waals surface area contributed by atoms with Gasteiger partial charge in [-0.3, -0.25) is 14.9 Å². The quantitative estimate of drug-likeness (QED) is 0.599. The van der Waals surface area contributed by atoms with Gasteiger partial charge in [-0.2, -0.15) is 0 Å². The Balaban J connectivity index is 2.18. The number of nitrogens with one attached hydrogen (secondary N) is 1. The highest BCUT2D eigenvalue weighted by Crippen LogP contribution is 2.22. The first-order valence-corrected chi connectivity index (χ1v) is 8.46. The Morgan fingerprint density at radius 2 is 1.70 bits per heavy atom. The van der Waals surface area contributed by atoms with E-state index in [2.05, 4.69) is 26.1 Å². The summed E-state index contributed by atoms with van der Waals surface area (Å²) in [4.78, 5) is 34.5. The van der Waals surface area contributed by atoms with Gasteiger partial charge in [0.1, 0.15) is 6.04 Å². The second-order valence-corrected chi connectivity index (χ2v) is 7.28. The van der Waals surface area contributed by atoms with E-state index < -0.39 is 22.8 Å². The predicted octanol–water partition coefficient (Wildman–Crippen LogP) is 3.32. The number of carboxylic acid groups (broad SMARTS) is 1. The third kappa shape index (κ3) is 5.13. The lowest BCUT2D eigenvalue weighted by molar-refractivity contribution is -0.385. The number of para-hydroxylation sites is 1. The maximum Gasteiger partial charge on any atom is 0.326 e. The lowest BCUT2D eigenvalue weighted by Gasteiger charge is -2.19. The first kappa shape index (κ1) is 20.1. The molecule has 7 heteroatoms. The monoisotopic (exact) mass is 370 g/mol. The van der Waals surface area contributed by atoms with E-state index in [-0.39, 0.29) is 23.1 Å². The van der Waals surface area contributed by atoms with Gasteiger partial charge < -0.3 is 10.4 Å². The molecule has 2 N–H and O–H groups in total. The van der Waals surface area contributed by atoms with Crippen LogP contribution in [0.25, 0.3) is 0 Å². The zero-order valence-corrected chi connectivity index (χ0v) is 15.4. The van der Waals surface area contributed by atoms with Crippen molar-refractivity contribution in [2.45, 2.75) is 38.6 Å². The highest BCUT2D eigenvalue weighted by Gasteiger charge is 2.25. The van der Waals surface area contributed by atoms with Crippen LogP contribution in [0.15, 0.2) is 48.5 Å². The van der Waals surface area contributed by atoms with Crippen molar-refractivity contribution in [3.05, 3.63) is 75.3 Å². The van der Waals surface area contributed by atoms with E-state index in [1.807, 2.05) is 12.1 Å². The zero-order chi connectivity index (χ0) is 20.2. The number of aliphatic carboxylic acids is 1. The molecule has 0 fully saturated rings. The Hall–Kier alpha value is -3.22. The predicted molar refractivity (Wildman–Crippen MR) is 101 cm³/mol. The number of nitrogens with zero attached hydrogens (tertiary/aromatic N) is 1. The molecule has 0 bridgehead atoms. The van der Waals surface area contributed by atoms with Crippen LogP contribution in [0.4, 0.5) is 5.69 Å². The molecule has 2 aromatic rings. The Morgan fingerprint density at radius 1 is 1.11 bits per heavy atom.